The summed E-state index contributed by atoms with van der Waals surface area (Å²) in [7, 11) is 1.54. The number of carbonyl (C=O) groups excluding carboxylic acids is 1. The second kappa shape index (κ2) is 3.03. The number of rotatable bonds is 3. The summed E-state index contributed by atoms with van der Waals surface area (Å²) in [4.78, 5) is 11.1. The third-order valence-corrected chi connectivity index (χ3v) is 2.69. The molecule has 0 radical (unpaired) electrons. The van der Waals surface area contributed by atoms with Crippen LogP contribution in [0, 0.1) is 11.8 Å². The zero-order chi connectivity index (χ0) is 8.55. The maximum atomic E-state index is 11.1. The fraction of sp³-hybridized carbons (Fsp3) is 0.875. The van der Waals surface area contributed by atoms with Crippen LogP contribution in [0.4, 0.5) is 0 Å². The van der Waals surface area contributed by atoms with Crippen molar-refractivity contribution in [2.75, 3.05) is 26.8 Å². The van der Waals surface area contributed by atoms with Crippen molar-refractivity contribution in [1.29, 1.82) is 0 Å². The van der Waals surface area contributed by atoms with E-state index in [2.05, 4.69) is 10.6 Å². The zero-order valence-corrected chi connectivity index (χ0v) is 7.17. The van der Waals surface area contributed by atoms with Gasteiger partial charge in [0.25, 0.3) is 0 Å². The van der Waals surface area contributed by atoms with Gasteiger partial charge in [-0.05, 0) is 11.8 Å². The molecule has 4 nitrogen and oxygen atoms in total. The highest BCUT2D eigenvalue weighted by molar-refractivity contribution is 5.78. The molecule has 0 spiro atoms. The van der Waals surface area contributed by atoms with Crippen LogP contribution in [0.2, 0.25) is 0 Å². The summed E-state index contributed by atoms with van der Waals surface area (Å²) in [6.07, 6.45) is 0. The molecular weight excluding hydrogens is 156 g/mol. The Balaban J connectivity index is 1.72. The van der Waals surface area contributed by atoms with Gasteiger partial charge in [0.15, 0.2) is 0 Å². The second-order valence-corrected chi connectivity index (χ2v) is 3.51. The smallest absolute Gasteiger partial charge is 0.246 e. The number of piperidine rings is 1. The van der Waals surface area contributed by atoms with E-state index < -0.39 is 0 Å². The maximum Gasteiger partial charge on any atom is 0.246 e. The average Bonchev–Trinajstić information content (AvgIpc) is 2.51. The molecule has 0 aromatic carbocycles. The summed E-state index contributed by atoms with van der Waals surface area (Å²) in [5.41, 5.74) is 0. The first-order chi connectivity index (χ1) is 5.83. The Morgan fingerprint density at radius 2 is 2.25 bits per heavy atom. The summed E-state index contributed by atoms with van der Waals surface area (Å²) in [5, 5.41) is 6.23. The van der Waals surface area contributed by atoms with Gasteiger partial charge in [0, 0.05) is 26.2 Å². The van der Waals surface area contributed by atoms with Gasteiger partial charge in [0.05, 0.1) is 0 Å². The van der Waals surface area contributed by atoms with E-state index >= 15 is 0 Å². The quantitative estimate of drug-likeness (QED) is 0.569. The van der Waals surface area contributed by atoms with Gasteiger partial charge in [0.1, 0.15) is 6.61 Å². The number of ether oxygens (including phenoxy) is 1. The number of fused-ring (bicyclic) bond motifs is 1. The fourth-order valence-corrected chi connectivity index (χ4v) is 1.99. The molecule has 3 atom stereocenters. The van der Waals surface area contributed by atoms with E-state index in [-0.39, 0.29) is 12.5 Å². The fourth-order valence-electron chi connectivity index (χ4n) is 1.99. The summed E-state index contributed by atoms with van der Waals surface area (Å²) in [5.74, 6) is 1.38. The molecule has 1 aliphatic heterocycles. The van der Waals surface area contributed by atoms with Crippen molar-refractivity contribution in [3.8, 4) is 0 Å². The standard InChI is InChI=1S/C8H14N2O2/c1-12-4-7(11)10-8-5-2-9-3-6(5)8/h5-6,8-9H,2-4H2,1H3,(H,10,11)/t5-,6+,8?. The molecule has 0 bridgehead atoms. The summed E-state index contributed by atoms with van der Waals surface area (Å²) in [6.45, 7) is 2.30. The Kier molecular flexibility index (Phi) is 2.02. The molecule has 2 rings (SSSR count). The molecule has 1 aliphatic carbocycles. The summed E-state index contributed by atoms with van der Waals surface area (Å²) >= 11 is 0. The molecule has 2 N–H and O–H groups in total. The number of nitrogens with one attached hydrogen (secondary N) is 2. The van der Waals surface area contributed by atoms with E-state index in [1.807, 2.05) is 0 Å². The minimum Gasteiger partial charge on any atom is -0.375 e. The Hall–Kier alpha value is -0.610. The zero-order valence-electron chi connectivity index (χ0n) is 7.17. The minimum atomic E-state index is 0.0110. The van der Waals surface area contributed by atoms with E-state index in [1.54, 1.807) is 0 Å². The van der Waals surface area contributed by atoms with E-state index in [4.69, 9.17) is 4.74 Å². The highest BCUT2D eigenvalue weighted by atomic mass is 16.5. The monoisotopic (exact) mass is 170 g/mol. The van der Waals surface area contributed by atoms with E-state index in [0.29, 0.717) is 17.9 Å². The topological polar surface area (TPSA) is 50.4 Å². The van der Waals surface area contributed by atoms with Crippen LogP contribution < -0.4 is 10.6 Å². The number of methoxy groups -OCH3 is 1. The van der Waals surface area contributed by atoms with Gasteiger partial charge in [-0.2, -0.15) is 0 Å². The maximum absolute atomic E-state index is 11.1. The molecule has 1 saturated heterocycles. The van der Waals surface area contributed by atoms with Gasteiger partial charge < -0.3 is 15.4 Å². The van der Waals surface area contributed by atoms with Crippen molar-refractivity contribution >= 4 is 5.91 Å². The van der Waals surface area contributed by atoms with Gasteiger partial charge in [-0.1, -0.05) is 0 Å². The predicted octanol–water partition coefficient (Wildman–Crippen LogP) is -1.03. The Morgan fingerprint density at radius 1 is 1.58 bits per heavy atom. The minimum absolute atomic E-state index is 0.0110. The molecule has 0 aromatic heterocycles. The van der Waals surface area contributed by atoms with Crippen LogP contribution in [0.25, 0.3) is 0 Å². The molecule has 0 aromatic rings. The van der Waals surface area contributed by atoms with Gasteiger partial charge >= 0.3 is 0 Å². The first-order valence-electron chi connectivity index (χ1n) is 4.32. The Bertz CT molecular complexity index is 185. The van der Waals surface area contributed by atoms with Gasteiger partial charge in [0.2, 0.25) is 5.91 Å². The van der Waals surface area contributed by atoms with Crippen LogP contribution in [0.3, 0.4) is 0 Å². The number of amides is 1. The number of hydrogen-bond acceptors (Lipinski definition) is 3. The van der Waals surface area contributed by atoms with E-state index in [9.17, 15) is 4.79 Å². The molecule has 1 saturated carbocycles. The summed E-state index contributed by atoms with van der Waals surface area (Å²) in [6, 6.07) is 0.425. The lowest BCUT2D eigenvalue weighted by molar-refractivity contribution is -0.125. The average molecular weight is 170 g/mol. The highest BCUT2D eigenvalue weighted by Gasteiger charge is 2.53. The third-order valence-electron chi connectivity index (χ3n) is 2.69. The van der Waals surface area contributed by atoms with Crippen molar-refractivity contribution in [2.24, 2.45) is 11.8 Å². The van der Waals surface area contributed by atoms with Crippen LogP contribution in [0.15, 0.2) is 0 Å². The van der Waals surface area contributed by atoms with Crippen molar-refractivity contribution in [1.82, 2.24) is 10.6 Å². The van der Waals surface area contributed by atoms with Crippen LogP contribution in [0.1, 0.15) is 0 Å². The molecule has 2 fully saturated rings. The molecule has 4 heteroatoms. The van der Waals surface area contributed by atoms with Crippen LogP contribution in [0.5, 0.6) is 0 Å². The molecule has 2 aliphatic rings. The molecular formula is C8H14N2O2. The normalized spacial score (nSPS) is 37.6. The van der Waals surface area contributed by atoms with Gasteiger partial charge in [-0.25, -0.2) is 0 Å². The lowest BCUT2D eigenvalue weighted by atomic mass is 10.4. The predicted molar refractivity (Wildman–Crippen MR) is 43.7 cm³/mol. The first-order valence-corrected chi connectivity index (χ1v) is 4.32. The SMILES string of the molecule is COCC(=O)NC1[C@H]2CNC[C@@H]12. The van der Waals surface area contributed by atoms with E-state index in [1.165, 1.54) is 7.11 Å². The van der Waals surface area contributed by atoms with Crippen molar-refractivity contribution in [2.45, 2.75) is 6.04 Å². The Labute approximate surface area is 71.7 Å². The lowest BCUT2D eigenvalue weighted by Crippen LogP contribution is -2.34. The van der Waals surface area contributed by atoms with Crippen LogP contribution in [-0.2, 0) is 9.53 Å². The van der Waals surface area contributed by atoms with Crippen molar-refractivity contribution in [3.05, 3.63) is 0 Å². The van der Waals surface area contributed by atoms with Crippen LogP contribution >= 0.6 is 0 Å². The molecule has 68 valence electrons. The van der Waals surface area contributed by atoms with E-state index in [0.717, 1.165) is 13.1 Å². The van der Waals surface area contributed by atoms with Crippen LogP contribution in [-0.4, -0.2) is 38.8 Å². The first kappa shape index (κ1) is 8.01. The van der Waals surface area contributed by atoms with Gasteiger partial charge in [-0.3, -0.25) is 4.79 Å². The Morgan fingerprint density at radius 3 is 2.83 bits per heavy atom. The number of carbonyl (C=O) groups is 1. The molecule has 1 heterocycles. The van der Waals surface area contributed by atoms with Crippen molar-refractivity contribution < 1.29 is 9.53 Å². The lowest BCUT2D eigenvalue weighted by Gasteiger charge is -2.06. The number of hydrogen-bond donors (Lipinski definition) is 2. The molecule has 1 amide bonds. The highest BCUT2D eigenvalue weighted by Crippen LogP contribution is 2.41. The van der Waals surface area contributed by atoms with Crippen molar-refractivity contribution in [3.63, 3.8) is 0 Å². The second-order valence-electron chi connectivity index (χ2n) is 3.51. The molecule has 12 heavy (non-hydrogen) atoms. The molecule has 1 unspecified atom stereocenters. The summed E-state index contributed by atoms with van der Waals surface area (Å²) < 4.78 is 4.73. The largest absolute Gasteiger partial charge is 0.375 e. The van der Waals surface area contributed by atoms with Gasteiger partial charge in [-0.15, -0.1) is 0 Å². The third kappa shape index (κ3) is 1.32.